The summed E-state index contributed by atoms with van der Waals surface area (Å²) in [7, 11) is 0. The van der Waals surface area contributed by atoms with Crippen LogP contribution in [0.15, 0.2) is 18.2 Å². The number of nitrogens with one attached hydrogen (secondary N) is 2. The van der Waals surface area contributed by atoms with Crippen LogP contribution in [0, 0.1) is 12.7 Å². The summed E-state index contributed by atoms with van der Waals surface area (Å²) in [6.45, 7) is 3.48. The molecule has 0 aliphatic carbocycles. The molecule has 0 saturated carbocycles. The van der Waals surface area contributed by atoms with Crippen molar-refractivity contribution in [3.05, 3.63) is 29.6 Å². The van der Waals surface area contributed by atoms with E-state index in [4.69, 9.17) is 5.11 Å². The maximum absolute atomic E-state index is 13.0. The zero-order valence-corrected chi connectivity index (χ0v) is 10.9. The average Bonchev–Trinajstić information content (AvgIpc) is 2.33. The number of halogens is 1. The Morgan fingerprint density at radius 1 is 1.37 bits per heavy atom. The Morgan fingerprint density at radius 3 is 2.68 bits per heavy atom. The van der Waals surface area contributed by atoms with E-state index in [1.807, 2.05) is 0 Å². The Labute approximate surface area is 110 Å². The molecular weight excluding hydrogens is 251 g/mol. The topological polar surface area (TPSA) is 78.4 Å². The lowest BCUT2D eigenvalue weighted by Gasteiger charge is -2.09. The van der Waals surface area contributed by atoms with Gasteiger partial charge < -0.3 is 15.7 Å². The Balaban J connectivity index is 2.54. The highest BCUT2D eigenvalue weighted by Crippen LogP contribution is 2.15. The molecule has 0 aliphatic rings. The number of carbonyl (C=O) groups excluding carboxylic acids is 2. The number of anilines is 1. The molecule has 0 fully saturated rings. The van der Waals surface area contributed by atoms with Gasteiger partial charge in [0, 0.05) is 12.2 Å². The third-order valence-electron chi connectivity index (χ3n) is 2.50. The molecule has 0 spiro atoms. The summed E-state index contributed by atoms with van der Waals surface area (Å²) in [5.41, 5.74) is 0.919. The molecule has 1 rings (SSSR count). The summed E-state index contributed by atoms with van der Waals surface area (Å²) in [6, 6.07) is 3.93. The first-order chi connectivity index (χ1) is 8.90. The molecule has 104 valence electrons. The minimum absolute atomic E-state index is 0.200. The molecule has 1 aromatic rings. The van der Waals surface area contributed by atoms with Crippen molar-refractivity contribution in [1.29, 1.82) is 0 Å². The van der Waals surface area contributed by atoms with E-state index in [1.165, 1.54) is 12.1 Å². The van der Waals surface area contributed by atoms with Crippen LogP contribution in [0.2, 0.25) is 0 Å². The first kappa shape index (κ1) is 15.1. The SMILES string of the molecule is Cc1ccc(F)cc1NC(=O)C(=O)NCCC(C)O. The molecule has 0 radical (unpaired) electrons. The first-order valence-electron chi connectivity index (χ1n) is 5.93. The minimum Gasteiger partial charge on any atom is -0.393 e. The van der Waals surface area contributed by atoms with Crippen molar-refractivity contribution in [3.8, 4) is 0 Å². The number of aliphatic hydroxyl groups excluding tert-OH is 1. The average molecular weight is 268 g/mol. The third kappa shape index (κ3) is 5.05. The van der Waals surface area contributed by atoms with Gasteiger partial charge >= 0.3 is 11.8 Å². The van der Waals surface area contributed by atoms with E-state index < -0.39 is 23.7 Å². The maximum atomic E-state index is 13.0. The molecule has 0 aromatic heterocycles. The van der Waals surface area contributed by atoms with Crippen molar-refractivity contribution in [2.24, 2.45) is 0 Å². The highest BCUT2D eigenvalue weighted by Gasteiger charge is 2.14. The smallest absolute Gasteiger partial charge is 0.313 e. The van der Waals surface area contributed by atoms with E-state index >= 15 is 0 Å². The molecule has 2 amide bonds. The van der Waals surface area contributed by atoms with E-state index in [0.29, 0.717) is 12.0 Å². The fraction of sp³-hybridized carbons (Fsp3) is 0.385. The third-order valence-corrected chi connectivity index (χ3v) is 2.50. The fourth-order valence-electron chi connectivity index (χ4n) is 1.38. The van der Waals surface area contributed by atoms with Crippen molar-refractivity contribution in [2.45, 2.75) is 26.4 Å². The molecule has 0 bridgehead atoms. The number of hydrogen-bond donors (Lipinski definition) is 3. The molecule has 1 aromatic carbocycles. The second kappa shape index (κ2) is 6.84. The molecular formula is C13H17FN2O3. The van der Waals surface area contributed by atoms with Crippen LogP contribution in [0.5, 0.6) is 0 Å². The first-order valence-corrected chi connectivity index (χ1v) is 5.93. The van der Waals surface area contributed by atoms with Gasteiger partial charge in [0.25, 0.3) is 0 Å². The standard InChI is InChI=1S/C13H17FN2O3/c1-8-3-4-10(14)7-11(8)16-13(19)12(18)15-6-5-9(2)17/h3-4,7,9,17H,5-6H2,1-2H3,(H,15,18)(H,16,19). The molecule has 3 N–H and O–H groups in total. The normalized spacial score (nSPS) is 11.8. The molecule has 1 atom stereocenters. The Morgan fingerprint density at radius 2 is 2.05 bits per heavy atom. The van der Waals surface area contributed by atoms with E-state index in [2.05, 4.69) is 10.6 Å². The van der Waals surface area contributed by atoms with Gasteiger partial charge in [-0.2, -0.15) is 0 Å². The van der Waals surface area contributed by atoms with Crippen LogP contribution in [0.3, 0.4) is 0 Å². The molecule has 0 heterocycles. The Bertz CT molecular complexity index is 475. The highest BCUT2D eigenvalue weighted by atomic mass is 19.1. The number of aryl methyl sites for hydroxylation is 1. The molecule has 1 unspecified atom stereocenters. The van der Waals surface area contributed by atoms with Gasteiger partial charge in [0.2, 0.25) is 0 Å². The van der Waals surface area contributed by atoms with Crippen LogP contribution in [0.1, 0.15) is 18.9 Å². The van der Waals surface area contributed by atoms with Crippen molar-refractivity contribution in [2.75, 3.05) is 11.9 Å². The van der Waals surface area contributed by atoms with Gasteiger partial charge in [-0.1, -0.05) is 6.07 Å². The van der Waals surface area contributed by atoms with Crippen LogP contribution in [-0.4, -0.2) is 29.6 Å². The van der Waals surface area contributed by atoms with E-state index in [9.17, 15) is 14.0 Å². The lowest BCUT2D eigenvalue weighted by molar-refractivity contribution is -0.136. The van der Waals surface area contributed by atoms with Crippen molar-refractivity contribution < 1.29 is 19.1 Å². The number of benzene rings is 1. The van der Waals surface area contributed by atoms with Crippen LogP contribution in [0.25, 0.3) is 0 Å². The van der Waals surface area contributed by atoms with Crippen molar-refractivity contribution in [1.82, 2.24) is 5.32 Å². The van der Waals surface area contributed by atoms with Gasteiger partial charge in [0.05, 0.1) is 6.10 Å². The summed E-state index contributed by atoms with van der Waals surface area (Å²) < 4.78 is 13.0. The number of rotatable bonds is 4. The van der Waals surface area contributed by atoms with E-state index in [-0.39, 0.29) is 12.2 Å². The second-order valence-corrected chi connectivity index (χ2v) is 4.31. The zero-order valence-electron chi connectivity index (χ0n) is 10.9. The second-order valence-electron chi connectivity index (χ2n) is 4.31. The molecule has 6 heteroatoms. The van der Waals surface area contributed by atoms with E-state index in [1.54, 1.807) is 13.8 Å². The van der Waals surface area contributed by atoms with Gasteiger partial charge in [-0.3, -0.25) is 9.59 Å². The predicted octanol–water partition coefficient (Wildman–Crippen LogP) is 0.960. The number of aliphatic hydroxyl groups is 1. The summed E-state index contributed by atoms with van der Waals surface area (Å²) in [5.74, 6) is -2.17. The Hall–Kier alpha value is -1.95. The largest absolute Gasteiger partial charge is 0.393 e. The zero-order chi connectivity index (χ0) is 14.4. The monoisotopic (exact) mass is 268 g/mol. The summed E-state index contributed by atoms with van der Waals surface area (Å²) in [5, 5.41) is 13.7. The van der Waals surface area contributed by atoms with Gasteiger partial charge in [-0.15, -0.1) is 0 Å². The van der Waals surface area contributed by atoms with Crippen molar-refractivity contribution >= 4 is 17.5 Å². The van der Waals surface area contributed by atoms with Gasteiger partial charge in [-0.25, -0.2) is 4.39 Å². The quantitative estimate of drug-likeness (QED) is 0.712. The summed E-state index contributed by atoms with van der Waals surface area (Å²) >= 11 is 0. The fourth-order valence-corrected chi connectivity index (χ4v) is 1.38. The molecule has 0 saturated heterocycles. The highest BCUT2D eigenvalue weighted by molar-refractivity contribution is 6.39. The lowest BCUT2D eigenvalue weighted by Crippen LogP contribution is -2.36. The van der Waals surface area contributed by atoms with Crippen molar-refractivity contribution in [3.63, 3.8) is 0 Å². The van der Waals surface area contributed by atoms with Gasteiger partial charge in [-0.05, 0) is 38.0 Å². The summed E-state index contributed by atoms with van der Waals surface area (Å²) in [6.07, 6.45) is -0.188. The van der Waals surface area contributed by atoms with Crippen LogP contribution in [0.4, 0.5) is 10.1 Å². The number of carbonyl (C=O) groups is 2. The van der Waals surface area contributed by atoms with Crippen LogP contribution < -0.4 is 10.6 Å². The lowest BCUT2D eigenvalue weighted by atomic mass is 10.2. The minimum atomic E-state index is -0.862. The van der Waals surface area contributed by atoms with Crippen LogP contribution in [-0.2, 0) is 9.59 Å². The number of amides is 2. The Kier molecular flexibility index (Phi) is 5.44. The molecule has 0 aliphatic heterocycles. The van der Waals surface area contributed by atoms with Gasteiger partial charge in [0.1, 0.15) is 5.82 Å². The van der Waals surface area contributed by atoms with E-state index in [0.717, 1.165) is 6.07 Å². The molecule has 5 nitrogen and oxygen atoms in total. The maximum Gasteiger partial charge on any atom is 0.313 e. The summed E-state index contributed by atoms with van der Waals surface area (Å²) in [4.78, 5) is 23.0. The number of hydrogen-bond acceptors (Lipinski definition) is 3. The van der Waals surface area contributed by atoms with Crippen LogP contribution >= 0.6 is 0 Å². The molecule has 19 heavy (non-hydrogen) atoms. The van der Waals surface area contributed by atoms with Gasteiger partial charge in [0.15, 0.2) is 0 Å². The predicted molar refractivity (Wildman–Crippen MR) is 69.1 cm³/mol.